The van der Waals surface area contributed by atoms with Crippen molar-refractivity contribution in [2.45, 2.75) is 37.5 Å². The summed E-state index contributed by atoms with van der Waals surface area (Å²) in [5, 5.41) is 10.0. The molecule has 3 heteroatoms. The zero-order valence-corrected chi connectivity index (χ0v) is 18.0. The topological polar surface area (TPSA) is 32.7 Å². The third-order valence-corrected chi connectivity index (χ3v) is 6.93. The summed E-state index contributed by atoms with van der Waals surface area (Å²) in [5.41, 5.74) is 5.30. The van der Waals surface area contributed by atoms with Gasteiger partial charge in [0.05, 0.1) is 0 Å². The fourth-order valence-corrected chi connectivity index (χ4v) is 5.35. The van der Waals surface area contributed by atoms with Crippen molar-refractivity contribution in [3.63, 3.8) is 0 Å². The number of fused-ring (bicyclic) bond motifs is 1. The second kappa shape index (κ2) is 9.15. The quantitative estimate of drug-likeness (QED) is 0.560. The third kappa shape index (κ3) is 4.47. The minimum atomic E-state index is 0.283. The predicted molar refractivity (Wildman–Crippen MR) is 125 cm³/mol. The number of benzene rings is 3. The molecule has 0 radical (unpaired) electrons. The number of rotatable bonds is 6. The van der Waals surface area contributed by atoms with Gasteiger partial charge in [-0.05, 0) is 91.2 Å². The van der Waals surface area contributed by atoms with E-state index in [0.717, 1.165) is 31.7 Å². The fraction of sp³-hybridized carbons (Fsp3) is 0.357. The van der Waals surface area contributed by atoms with Crippen LogP contribution < -0.4 is 4.74 Å². The Morgan fingerprint density at radius 2 is 1.65 bits per heavy atom. The lowest BCUT2D eigenvalue weighted by Gasteiger charge is -2.35. The lowest BCUT2D eigenvalue weighted by Crippen LogP contribution is -2.25. The normalized spacial score (nSPS) is 21.0. The molecule has 2 atom stereocenters. The van der Waals surface area contributed by atoms with Crippen LogP contribution in [0.4, 0.5) is 0 Å². The maximum atomic E-state index is 10.0. The molecular formula is C28H31NO2. The molecule has 160 valence electrons. The van der Waals surface area contributed by atoms with Crippen LogP contribution in [0, 0.1) is 0 Å². The van der Waals surface area contributed by atoms with Crippen molar-refractivity contribution >= 4 is 0 Å². The Hall–Kier alpha value is -2.78. The number of aryl methyl sites for hydroxylation is 1. The molecule has 1 unspecified atom stereocenters. The summed E-state index contributed by atoms with van der Waals surface area (Å²) in [5.74, 6) is 2.02. The Kier molecular flexibility index (Phi) is 5.95. The van der Waals surface area contributed by atoms with Gasteiger partial charge in [-0.15, -0.1) is 0 Å². The summed E-state index contributed by atoms with van der Waals surface area (Å²) in [6, 6.07) is 25.4. The molecule has 5 rings (SSSR count). The highest BCUT2D eigenvalue weighted by molar-refractivity contribution is 5.48. The van der Waals surface area contributed by atoms with Gasteiger partial charge < -0.3 is 9.84 Å². The first-order valence-electron chi connectivity index (χ1n) is 11.6. The number of ether oxygens (including phenoxy) is 1. The van der Waals surface area contributed by atoms with Crippen LogP contribution in [-0.2, 0) is 6.42 Å². The van der Waals surface area contributed by atoms with Crippen LogP contribution in [0.15, 0.2) is 72.8 Å². The molecule has 1 aliphatic carbocycles. The van der Waals surface area contributed by atoms with E-state index in [0.29, 0.717) is 11.7 Å². The zero-order chi connectivity index (χ0) is 21.0. The Bertz CT molecular complexity index is 993. The van der Waals surface area contributed by atoms with Gasteiger partial charge in [0.25, 0.3) is 0 Å². The number of phenols is 1. The van der Waals surface area contributed by atoms with Gasteiger partial charge in [-0.1, -0.05) is 48.5 Å². The first-order chi connectivity index (χ1) is 15.3. The maximum absolute atomic E-state index is 10.0. The Morgan fingerprint density at radius 3 is 2.42 bits per heavy atom. The molecule has 1 fully saturated rings. The number of aromatic hydroxyl groups is 1. The van der Waals surface area contributed by atoms with Crippen LogP contribution in [0.25, 0.3) is 0 Å². The average Bonchev–Trinajstić information content (AvgIpc) is 3.33. The van der Waals surface area contributed by atoms with Crippen molar-refractivity contribution in [3.05, 3.63) is 95.1 Å². The minimum Gasteiger partial charge on any atom is -0.508 e. The van der Waals surface area contributed by atoms with E-state index in [9.17, 15) is 5.11 Å². The predicted octanol–water partition coefficient (Wildman–Crippen LogP) is 5.73. The van der Waals surface area contributed by atoms with Crippen molar-refractivity contribution in [2.75, 3.05) is 26.2 Å². The van der Waals surface area contributed by atoms with E-state index in [1.165, 1.54) is 48.2 Å². The van der Waals surface area contributed by atoms with Gasteiger partial charge in [0.2, 0.25) is 0 Å². The molecule has 0 bridgehead atoms. The summed E-state index contributed by atoms with van der Waals surface area (Å²) in [6.45, 7) is 4.18. The molecule has 2 aliphatic rings. The summed E-state index contributed by atoms with van der Waals surface area (Å²) in [7, 11) is 0. The standard InChI is InChI=1S/C28H31NO2/c30-24-11-15-27-23(20-24)10-14-26(21-6-2-1-3-7-21)28(27)22-8-12-25(13-9-22)31-19-18-29-16-4-5-17-29/h1-3,6-9,11-13,15,20,26,28,30H,4-5,10,14,16-19H2/t26?,28-/m1/s1. The van der Waals surface area contributed by atoms with Gasteiger partial charge in [0.1, 0.15) is 18.1 Å². The fourth-order valence-electron chi connectivity index (χ4n) is 5.35. The van der Waals surface area contributed by atoms with E-state index in [1.54, 1.807) is 0 Å². The Morgan fingerprint density at radius 1 is 0.871 bits per heavy atom. The van der Waals surface area contributed by atoms with Crippen LogP contribution >= 0.6 is 0 Å². The van der Waals surface area contributed by atoms with Gasteiger partial charge >= 0.3 is 0 Å². The lowest BCUT2D eigenvalue weighted by atomic mass is 9.69. The number of hydrogen-bond acceptors (Lipinski definition) is 3. The van der Waals surface area contributed by atoms with E-state index < -0.39 is 0 Å². The van der Waals surface area contributed by atoms with Gasteiger partial charge in [-0.3, -0.25) is 4.90 Å². The van der Waals surface area contributed by atoms with Crippen molar-refractivity contribution in [3.8, 4) is 11.5 Å². The van der Waals surface area contributed by atoms with E-state index >= 15 is 0 Å². The van der Waals surface area contributed by atoms with Crippen LogP contribution in [0.5, 0.6) is 11.5 Å². The van der Waals surface area contributed by atoms with Gasteiger partial charge in [0, 0.05) is 12.5 Å². The second-order valence-electron chi connectivity index (χ2n) is 8.88. The summed E-state index contributed by atoms with van der Waals surface area (Å²) >= 11 is 0. The third-order valence-electron chi connectivity index (χ3n) is 6.93. The summed E-state index contributed by atoms with van der Waals surface area (Å²) in [6.07, 6.45) is 4.71. The molecule has 1 N–H and O–H groups in total. The first-order valence-corrected chi connectivity index (χ1v) is 11.6. The molecule has 31 heavy (non-hydrogen) atoms. The highest BCUT2D eigenvalue weighted by atomic mass is 16.5. The van der Waals surface area contributed by atoms with E-state index in [1.807, 2.05) is 12.1 Å². The Balaban J connectivity index is 1.38. The van der Waals surface area contributed by atoms with Gasteiger partial charge in [-0.25, -0.2) is 0 Å². The van der Waals surface area contributed by atoms with Crippen molar-refractivity contribution in [1.29, 1.82) is 0 Å². The van der Waals surface area contributed by atoms with E-state index in [2.05, 4.69) is 65.6 Å². The van der Waals surface area contributed by atoms with E-state index in [4.69, 9.17) is 4.74 Å². The molecule has 1 saturated heterocycles. The van der Waals surface area contributed by atoms with Crippen LogP contribution in [0.1, 0.15) is 53.4 Å². The van der Waals surface area contributed by atoms with Gasteiger partial charge in [0.15, 0.2) is 0 Å². The summed E-state index contributed by atoms with van der Waals surface area (Å²) < 4.78 is 6.03. The number of phenolic OH excluding ortho intramolecular Hbond substituents is 1. The lowest BCUT2D eigenvalue weighted by molar-refractivity contribution is 0.237. The molecular weight excluding hydrogens is 382 g/mol. The van der Waals surface area contributed by atoms with Crippen molar-refractivity contribution in [2.24, 2.45) is 0 Å². The van der Waals surface area contributed by atoms with Crippen molar-refractivity contribution in [1.82, 2.24) is 4.90 Å². The summed E-state index contributed by atoms with van der Waals surface area (Å²) in [4.78, 5) is 2.48. The molecule has 0 aromatic heterocycles. The highest BCUT2D eigenvalue weighted by Crippen LogP contribution is 2.47. The molecule has 0 spiro atoms. The first kappa shape index (κ1) is 20.1. The smallest absolute Gasteiger partial charge is 0.119 e. The van der Waals surface area contributed by atoms with Crippen LogP contribution in [-0.4, -0.2) is 36.2 Å². The molecule has 1 heterocycles. The zero-order valence-electron chi connectivity index (χ0n) is 18.0. The Labute approximate surface area is 185 Å². The minimum absolute atomic E-state index is 0.283. The molecule has 0 saturated carbocycles. The average molecular weight is 414 g/mol. The highest BCUT2D eigenvalue weighted by Gasteiger charge is 2.32. The monoisotopic (exact) mass is 413 g/mol. The number of likely N-dealkylation sites (tertiary alicyclic amines) is 1. The molecule has 3 nitrogen and oxygen atoms in total. The van der Waals surface area contributed by atoms with E-state index in [-0.39, 0.29) is 5.92 Å². The van der Waals surface area contributed by atoms with Crippen LogP contribution in [0.2, 0.25) is 0 Å². The SMILES string of the molecule is Oc1ccc2c(c1)CCC(c1ccccc1)[C@H]2c1ccc(OCCN2CCCC2)cc1. The maximum Gasteiger partial charge on any atom is 0.119 e. The van der Waals surface area contributed by atoms with Gasteiger partial charge in [-0.2, -0.15) is 0 Å². The molecule has 3 aromatic rings. The molecule has 3 aromatic carbocycles. The number of nitrogens with zero attached hydrogens (tertiary/aromatic N) is 1. The molecule has 0 amide bonds. The largest absolute Gasteiger partial charge is 0.508 e. The second-order valence-corrected chi connectivity index (χ2v) is 8.88. The van der Waals surface area contributed by atoms with Crippen molar-refractivity contribution < 1.29 is 9.84 Å². The van der Waals surface area contributed by atoms with Crippen LogP contribution in [0.3, 0.4) is 0 Å². The number of hydrogen-bond donors (Lipinski definition) is 1. The molecule has 1 aliphatic heterocycles.